The SMILES string of the molecule is CN=C(NCC(C(C)C)N1CCCCCC1)N1CCC(N2CCOCC2)C1.I. The van der Waals surface area contributed by atoms with Crippen LogP contribution in [0.4, 0.5) is 0 Å². The Hall–Kier alpha value is -0.120. The zero-order valence-electron chi connectivity index (χ0n) is 18.2. The molecular formula is C21H42IN5O. The fraction of sp³-hybridized carbons (Fsp3) is 0.952. The maximum absolute atomic E-state index is 5.51. The number of aliphatic imine (C=N–C) groups is 1. The Morgan fingerprint density at radius 1 is 1.04 bits per heavy atom. The van der Waals surface area contributed by atoms with Gasteiger partial charge in [0.15, 0.2) is 5.96 Å². The van der Waals surface area contributed by atoms with Crippen molar-refractivity contribution < 1.29 is 4.74 Å². The molecule has 0 aliphatic carbocycles. The van der Waals surface area contributed by atoms with E-state index in [1.165, 1.54) is 45.2 Å². The summed E-state index contributed by atoms with van der Waals surface area (Å²) < 4.78 is 5.51. The van der Waals surface area contributed by atoms with Crippen LogP contribution in [0.25, 0.3) is 0 Å². The lowest BCUT2D eigenvalue weighted by Crippen LogP contribution is -2.51. The number of morpholine rings is 1. The summed E-state index contributed by atoms with van der Waals surface area (Å²) >= 11 is 0. The molecule has 0 aromatic rings. The predicted molar refractivity (Wildman–Crippen MR) is 128 cm³/mol. The van der Waals surface area contributed by atoms with Gasteiger partial charge in [-0.2, -0.15) is 0 Å². The second-order valence-corrected chi connectivity index (χ2v) is 8.73. The highest BCUT2D eigenvalue weighted by molar-refractivity contribution is 14.0. The topological polar surface area (TPSA) is 43.3 Å². The van der Waals surface area contributed by atoms with Crippen LogP contribution in [0.1, 0.15) is 46.0 Å². The Balaban J connectivity index is 0.00000280. The summed E-state index contributed by atoms with van der Waals surface area (Å²) in [5, 5.41) is 3.73. The van der Waals surface area contributed by atoms with Crippen LogP contribution in [-0.2, 0) is 4.74 Å². The van der Waals surface area contributed by atoms with Gasteiger partial charge in [0.2, 0.25) is 0 Å². The molecule has 6 nitrogen and oxygen atoms in total. The van der Waals surface area contributed by atoms with E-state index in [0.29, 0.717) is 18.0 Å². The minimum absolute atomic E-state index is 0. The molecule has 3 aliphatic heterocycles. The van der Waals surface area contributed by atoms with Crippen molar-refractivity contribution in [1.82, 2.24) is 20.0 Å². The minimum atomic E-state index is 0. The number of ether oxygens (including phenoxy) is 1. The van der Waals surface area contributed by atoms with Crippen LogP contribution in [0.3, 0.4) is 0 Å². The molecule has 3 rings (SSSR count). The average molecular weight is 508 g/mol. The van der Waals surface area contributed by atoms with Crippen LogP contribution >= 0.6 is 24.0 Å². The molecule has 3 fully saturated rings. The van der Waals surface area contributed by atoms with Crippen molar-refractivity contribution in [2.45, 2.75) is 58.0 Å². The summed E-state index contributed by atoms with van der Waals surface area (Å²) in [4.78, 5) is 12.4. The summed E-state index contributed by atoms with van der Waals surface area (Å²) in [6.07, 6.45) is 6.73. The molecule has 3 saturated heterocycles. The van der Waals surface area contributed by atoms with Gasteiger partial charge in [-0.15, -0.1) is 24.0 Å². The van der Waals surface area contributed by atoms with Crippen LogP contribution < -0.4 is 5.32 Å². The second kappa shape index (κ2) is 12.5. The van der Waals surface area contributed by atoms with Crippen molar-refractivity contribution in [2.24, 2.45) is 10.9 Å². The van der Waals surface area contributed by atoms with Gasteiger partial charge in [-0.05, 0) is 38.3 Å². The average Bonchev–Trinajstić information content (AvgIpc) is 3.02. The number of likely N-dealkylation sites (tertiary alicyclic amines) is 2. The molecule has 2 unspecified atom stereocenters. The number of nitrogens with zero attached hydrogens (tertiary/aromatic N) is 4. The molecule has 0 amide bonds. The van der Waals surface area contributed by atoms with Gasteiger partial charge in [-0.25, -0.2) is 0 Å². The highest BCUT2D eigenvalue weighted by Gasteiger charge is 2.31. The Morgan fingerprint density at radius 2 is 1.71 bits per heavy atom. The van der Waals surface area contributed by atoms with Crippen molar-refractivity contribution in [3.05, 3.63) is 0 Å². The second-order valence-electron chi connectivity index (χ2n) is 8.73. The van der Waals surface area contributed by atoms with E-state index in [1.54, 1.807) is 0 Å². The standard InChI is InChI=1S/C21H41N5O.HI/c1-18(2)20(25-9-6-4-5-7-10-25)16-23-21(22-3)26-11-8-19(17-26)24-12-14-27-15-13-24;/h18-20H,4-17H2,1-3H3,(H,22,23);1H. The molecule has 0 spiro atoms. The number of hydrogen-bond acceptors (Lipinski definition) is 4. The molecule has 0 radical (unpaired) electrons. The molecule has 28 heavy (non-hydrogen) atoms. The van der Waals surface area contributed by atoms with Gasteiger partial charge in [-0.3, -0.25) is 14.8 Å². The molecule has 7 heteroatoms. The Bertz CT molecular complexity index is 462. The molecule has 3 heterocycles. The normalized spacial score (nSPS) is 26.8. The molecular weight excluding hydrogens is 465 g/mol. The van der Waals surface area contributed by atoms with Gasteiger partial charge in [0.05, 0.1) is 13.2 Å². The maximum atomic E-state index is 5.51. The van der Waals surface area contributed by atoms with Gasteiger partial charge in [0.25, 0.3) is 0 Å². The van der Waals surface area contributed by atoms with Crippen LogP contribution in [0.15, 0.2) is 4.99 Å². The molecule has 164 valence electrons. The molecule has 0 saturated carbocycles. The quantitative estimate of drug-likeness (QED) is 0.352. The smallest absolute Gasteiger partial charge is 0.193 e. The van der Waals surface area contributed by atoms with Crippen LogP contribution in [0.5, 0.6) is 0 Å². The fourth-order valence-electron chi connectivity index (χ4n) is 4.92. The first-order valence-electron chi connectivity index (χ1n) is 11.2. The van der Waals surface area contributed by atoms with Crippen LogP contribution in [0.2, 0.25) is 0 Å². The zero-order valence-corrected chi connectivity index (χ0v) is 20.6. The molecule has 0 bridgehead atoms. The van der Waals surface area contributed by atoms with Crippen molar-refractivity contribution in [2.75, 3.05) is 66.1 Å². The van der Waals surface area contributed by atoms with E-state index >= 15 is 0 Å². The van der Waals surface area contributed by atoms with Crippen molar-refractivity contribution >= 4 is 29.9 Å². The van der Waals surface area contributed by atoms with E-state index in [0.717, 1.165) is 51.9 Å². The Kier molecular flexibility index (Phi) is 10.8. The maximum Gasteiger partial charge on any atom is 0.193 e. The van der Waals surface area contributed by atoms with Gasteiger partial charge in [-0.1, -0.05) is 26.7 Å². The number of guanidine groups is 1. The first-order valence-corrected chi connectivity index (χ1v) is 11.2. The third-order valence-corrected chi connectivity index (χ3v) is 6.59. The van der Waals surface area contributed by atoms with Crippen molar-refractivity contribution in [1.29, 1.82) is 0 Å². The predicted octanol–water partition coefficient (Wildman–Crippen LogP) is 2.49. The number of rotatable bonds is 5. The van der Waals surface area contributed by atoms with Crippen molar-refractivity contribution in [3.8, 4) is 0 Å². The molecule has 1 N–H and O–H groups in total. The van der Waals surface area contributed by atoms with E-state index in [1.807, 2.05) is 7.05 Å². The summed E-state index contributed by atoms with van der Waals surface area (Å²) in [6, 6.07) is 1.25. The lowest BCUT2D eigenvalue weighted by Gasteiger charge is -2.35. The van der Waals surface area contributed by atoms with E-state index in [4.69, 9.17) is 4.74 Å². The monoisotopic (exact) mass is 507 g/mol. The highest BCUT2D eigenvalue weighted by Crippen LogP contribution is 2.19. The Morgan fingerprint density at radius 3 is 2.32 bits per heavy atom. The minimum Gasteiger partial charge on any atom is -0.379 e. The summed E-state index contributed by atoms with van der Waals surface area (Å²) in [7, 11) is 1.93. The summed E-state index contributed by atoms with van der Waals surface area (Å²) in [6.45, 7) is 14.4. The highest BCUT2D eigenvalue weighted by atomic mass is 127. The van der Waals surface area contributed by atoms with Crippen LogP contribution in [-0.4, -0.2) is 98.8 Å². The largest absolute Gasteiger partial charge is 0.379 e. The van der Waals surface area contributed by atoms with E-state index in [-0.39, 0.29) is 24.0 Å². The third kappa shape index (κ3) is 6.71. The van der Waals surface area contributed by atoms with Gasteiger partial charge in [0, 0.05) is 51.9 Å². The number of halogens is 1. The molecule has 0 aromatic carbocycles. The van der Waals surface area contributed by atoms with E-state index in [2.05, 4.69) is 38.9 Å². The zero-order chi connectivity index (χ0) is 19.1. The van der Waals surface area contributed by atoms with Crippen LogP contribution in [0, 0.1) is 5.92 Å². The lowest BCUT2D eigenvalue weighted by atomic mass is 10.0. The summed E-state index contributed by atoms with van der Waals surface area (Å²) in [5.74, 6) is 1.75. The molecule has 2 atom stereocenters. The lowest BCUT2D eigenvalue weighted by molar-refractivity contribution is 0.0194. The fourth-order valence-corrected chi connectivity index (χ4v) is 4.92. The summed E-state index contributed by atoms with van der Waals surface area (Å²) in [5.41, 5.74) is 0. The first kappa shape index (κ1) is 24.2. The Labute approximate surface area is 189 Å². The molecule has 0 aromatic heterocycles. The number of nitrogens with one attached hydrogen (secondary N) is 1. The van der Waals surface area contributed by atoms with Crippen molar-refractivity contribution in [3.63, 3.8) is 0 Å². The van der Waals surface area contributed by atoms with E-state index in [9.17, 15) is 0 Å². The third-order valence-electron chi connectivity index (χ3n) is 6.59. The molecule has 3 aliphatic rings. The first-order chi connectivity index (χ1) is 13.2. The van der Waals surface area contributed by atoms with Gasteiger partial charge < -0.3 is 15.0 Å². The van der Waals surface area contributed by atoms with Gasteiger partial charge >= 0.3 is 0 Å². The number of hydrogen-bond donors (Lipinski definition) is 1. The van der Waals surface area contributed by atoms with Gasteiger partial charge in [0.1, 0.15) is 0 Å². The van der Waals surface area contributed by atoms with E-state index < -0.39 is 0 Å².